The molecule has 3 nitrogen and oxygen atoms in total. The second-order valence-corrected chi connectivity index (χ2v) is 6.10. The van der Waals surface area contributed by atoms with Crippen molar-refractivity contribution >= 4 is 0 Å². The van der Waals surface area contributed by atoms with Crippen LogP contribution in [0.3, 0.4) is 0 Å². The van der Waals surface area contributed by atoms with Crippen LogP contribution in [0.5, 0.6) is 0 Å². The molecule has 0 amide bonds. The van der Waals surface area contributed by atoms with Gasteiger partial charge in [0.05, 0.1) is 11.9 Å². The number of hydrogen-bond donors (Lipinski definition) is 0. The van der Waals surface area contributed by atoms with E-state index in [-0.39, 0.29) is 11.6 Å². The SMILES string of the molecule is Fc1ccc([C@@H]2CCN2Cc2cnn(-c3cccc(F)c3)c2)cc1. The van der Waals surface area contributed by atoms with Crippen LogP contribution in [0, 0.1) is 11.6 Å². The highest BCUT2D eigenvalue weighted by Crippen LogP contribution is 2.34. The predicted molar refractivity (Wildman–Crippen MR) is 87.7 cm³/mol. The van der Waals surface area contributed by atoms with Crippen LogP contribution in [0.25, 0.3) is 5.69 Å². The largest absolute Gasteiger partial charge is 0.292 e. The van der Waals surface area contributed by atoms with Crippen molar-refractivity contribution in [2.75, 3.05) is 6.54 Å². The lowest BCUT2D eigenvalue weighted by atomic mass is 9.94. The normalized spacial score (nSPS) is 17.7. The van der Waals surface area contributed by atoms with Crippen molar-refractivity contribution in [2.45, 2.75) is 19.0 Å². The lowest BCUT2D eigenvalue weighted by Crippen LogP contribution is -2.40. The van der Waals surface area contributed by atoms with Gasteiger partial charge >= 0.3 is 0 Å². The van der Waals surface area contributed by atoms with Gasteiger partial charge in [-0.15, -0.1) is 0 Å². The number of benzene rings is 2. The molecule has 0 spiro atoms. The van der Waals surface area contributed by atoms with E-state index in [9.17, 15) is 8.78 Å². The Morgan fingerprint density at radius 1 is 1.04 bits per heavy atom. The monoisotopic (exact) mass is 325 g/mol. The van der Waals surface area contributed by atoms with Crippen LogP contribution in [-0.2, 0) is 6.54 Å². The van der Waals surface area contributed by atoms with E-state index in [4.69, 9.17) is 0 Å². The Hall–Kier alpha value is -2.53. The van der Waals surface area contributed by atoms with Crippen LogP contribution in [0.4, 0.5) is 8.78 Å². The van der Waals surface area contributed by atoms with Gasteiger partial charge in [0.25, 0.3) is 0 Å². The van der Waals surface area contributed by atoms with E-state index < -0.39 is 0 Å². The molecule has 5 heteroatoms. The fourth-order valence-corrected chi connectivity index (χ4v) is 3.13. The molecule has 3 aromatic rings. The van der Waals surface area contributed by atoms with Gasteiger partial charge in [0, 0.05) is 30.9 Å². The second kappa shape index (κ2) is 6.17. The van der Waals surface area contributed by atoms with Gasteiger partial charge in [-0.05, 0) is 42.3 Å². The first-order chi connectivity index (χ1) is 11.7. The van der Waals surface area contributed by atoms with Gasteiger partial charge in [-0.1, -0.05) is 18.2 Å². The number of halogens is 2. The molecular formula is C19H17F2N3. The molecule has 2 heterocycles. The molecular weight excluding hydrogens is 308 g/mol. The van der Waals surface area contributed by atoms with E-state index in [1.807, 2.05) is 30.6 Å². The third-order valence-electron chi connectivity index (χ3n) is 4.48. The van der Waals surface area contributed by atoms with Crippen LogP contribution in [0.2, 0.25) is 0 Å². The molecule has 1 aliphatic rings. The van der Waals surface area contributed by atoms with E-state index in [2.05, 4.69) is 10.00 Å². The summed E-state index contributed by atoms with van der Waals surface area (Å²) < 4.78 is 28.1. The van der Waals surface area contributed by atoms with Gasteiger partial charge < -0.3 is 0 Å². The second-order valence-electron chi connectivity index (χ2n) is 6.10. The number of likely N-dealkylation sites (tertiary alicyclic amines) is 1. The fraction of sp³-hybridized carbons (Fsp3) is 0.211. The number of rotatable bonds is 4. The van der Waals surface area contributed by atoms with Crippen molar-refractivity contribution in [3.05, 3.63) is 83.7 Å². The quantitative estimate of drug-likeness (QED) is 0.720. The first kappa shape index (κ1) is 15.0. The summed E-state index contributed by atoms with van der Waals surface area (Å²) >= 11 is 0. The van der Waals surface area contributed by atoms with Crippen molar-refractivity contribution in [2.24, 2.45) is 0 Å². The Balaban J connectivity index is 1.47. The van der Waals surface area contributed by atoms with Crippen LogP contribution >= 0.6 is 0 Å². The molecule has 24 heavy (non-hydrogen) atoms. The molecule has 1 aromatic heterocycles. The molecule has 0 radical (unpaired) electrons. The van der Waals surface area contributed by atoms with Gasteiger partial charge in [0.15, 0.2) is 0 Å². The minimum atomic E-state index is -0.274. The van der Waals surface area contributed by atoms with Gasteiger partial charge in [0.2, 0.25) is 0 Å². The Kier molecular flexibility index (Phi) is 3.86. The molecule has 0 unspecified atom stereocenters. The molecule has 1 saturated heterocycles. The molecule has 122 valence electrons. The van der Waals surface area contributed by atoms with Gasteiger partial charge in [-0.3, -0.25) is 4.90 Å². The fourth-order valence-electron chi connectivity index (χ4n) is 3.13. The summed E-state index contributed by atoms with van der Waals surface area (Å²) in [6, 6.07) is 13.4. The highest BCUT2D eigenvalue weighted by molar-refractivity contribution is 5.32. The summed E-state index contributed by atoms with van der Waals surface area (Å²) in [6.45, 7) is 1.78. The van der Waals surface area contributed by atoms with Crippen LogP contribution in [0.15, 0.2) is 60.9 Å². The lowest BCUT2D eigenvalue weighted by molar-refractivity contribution is 0.0818. The van der Waals surface area contributed by atoms with Gasteiger partial charge in [0.1, 0.15) is 11.6 Å². The Bertz CT molecular complexity index is 842. The van der Waals surface area contributed by atoms with Crippen LogP contribution < -0.4 is 0 Å². The summed E-state index contributed by atoms with van der Waals surface area (Å²) in [6.07, 6.45) is 4.81. The maximum atomic E-state index is 13.3. The van der Waals surface area contributed by atoms with Crippen LogP contribution in [-0.4, -0.2) is 21.2 Å². The summed E-state index contributed by atoms with van der Waals surface area (Å²) in [5.74, 6) is -0.482. The topological polar surface area (TPSA) is 21.1 Å². The highest BCUT2D eigenvalue weighted by Gasteiger charge is 2.29. The maximum absolute atomic E-state index is 13.3. The zero-order valence-corrected chi connectivity index (χ0v) is 13.1. The Labute approximate surface area is 139 Å². The lowest BCUT2D eigenvalue weighted by Gasteiger charge is -2.41. The average molecular weight is 325 g/mol. The summed E-state index contributed by atoms with van der Waals surface area (Å²) in [5.41, 5.74) is 2.92. The number of aromatic nitrogens is 2. The van der Waals surface area contributed by atoms with E-state index in [0.29, 0.717) is 11.7 Å². The van der Waals surface area contributed by atoms with E-state index in [1.54, 1.807) is 10.7 Å². The molecule has 0 N–H and O–H groups in total. The summed E-state index contributed by atoms with van der Waals surface area (Å²) in [7, 11) is 0. The van der Waals surface area contributed by atoms with Gasteiger partial charge in [-0.2, -0.15) is 5.10 Å². The van der Waals surface area contributed by atoms with Crippen molar-refractivity contribution < 1.29 is 8.78 Å². The molecule has 2 aromatic carbocycles. The minimum Gasteiger partial charge on any atom is -0.292 e. The molecule has 1 fully saturated rings. The first-order valence-corrected chi connectivity index (χ1v) is 7.98. The molecule has 0 saturated carbocycles. The summed E-state index contributed by atoms with van der Waals surface area (Å²) in [4.78, 5) is 2.33. The highest BCUT2D eigenvalue weighted by atomic mass is 19.1. The Morgan fingerprint density at radius 3 is 2.58 bits per heavy atom. The average Bonchev–Trinajstić information content (AvgIpc) is 3.03. The van der Waals surface area contributed by atoms with E-state index >= 15 is 0 Å². The van der Waals surface area contributed by atoms with Crippen molar-refractivity contribution in [1.29, 1.82) is 0 Å². The van der Waals surface area contributed by atoms with E-state index in [0.717, 1.165) is 30.6 Å². The van der Waals surface area contributed by atoms with Crippen molar-refractivity contribution in [1.82, 2.24) is 14.7 Å². The van der Waals surface area contributed by atoms with Crippen LogP contribution in [0.1, 0.15) is 23.6 Å². The Morgan fingerprint density at radius 2 is 1.88 bits per heavy atom. The van der Waals surface area contributed by atoms with Crippen molar-refractivity contribution in [3.63, 3.8) is 0 Å². The first-order valence-electron chi connectivity index (χ1n) is 7.98. The van der Waals surface area contributed by atoms with E-state index in [1.165, 1.54) is 24.3 Å². The predicted octanol–water partition coefficient (Wildman–Crippen LogP) is 4.10. The third kappa shape index (κ3) is 2.95. The summed E-state index contributed by atoms with van der Waals surface area (Å²) in [5, 5.41) is 4.32. The molecule has 1 aliphatic heterocycles. The maximum Gasteiger partial charge on any atom is 0.125 e. The zero-order chi connectivity index (χ0) is 16.5. The number of hydrogen-bond acceptors (Lipinski definition) is 2. The zero-order valence-electron chi connectivity index (χ0n) is 13.1. The number of nitrogens with zero attached hydrogens (tertiary/aromatic N) is 3. The third-order valence-corrected chi connectivity index (χ3v) is 4.48. The molecule has 0 aliphatic carbocycles. The smallest absolute Gasteiger partial charge is 0.125 e. The molecule has 1 atom stereocenters. The van der Waals surface area contributed by atoms with Gasteiger partial charge in [-0.25, -0.2) is 13.5 Å². The minimum absolute atomic E-state index is 0.207. The molecule has 4 rings (SSSR count). The molecule has 0 bridgehead atoms. The van der Waals surface area contributed by atoms with Crippen molar-refractivity contribution in [3.8, 4) is 5.69 Å². The standard InChI is InChI=1S/C19H17F2N3/c20-16-6-4-15(5-7-16)19-8-9-23(19)12-14-11-22-24(13-14)18-3-1-2-17(21)10-18/h1-7,10-11,13,19H,8-9,12H2/t19-/m0/s1.